The van der Waals surface area contributed by atoms with Crippen molar-refractivity contribution in [3.8, 4) is 0 Å². The molecule has 4 aromatic rings. The Morgan fingerprint density at radius 2 is 1.07 bits per heavy atom. The van der Waals surface area contributed by atoms with Crippen LogP contribution in [0.4, 0.5) is 4.79 Å². The van der Waals surface area contributed by atoms with Crippen molar-refractivity contribution in [3.63, 3.8) is 0 Å². The molecule has 0 unspecified atom stereocenters. The molecule has 3 atom stereocenters. The molecule has 0 aliphatic heterocycles. The zero-order valence-corrected chi connectivity index (χ0v) is 23.7. The topological polar surface area (TPSA) is 86.3 Å². The van der Waals surface area contributed by atoms with Crippen LogP contribution in [0, 0.1) is 0 Å². The van der Waals surface area contributed by atoms with Crippen LogP contribution in [-0.2, 0) is 45.4 Å². The van der Waals surface area contributed by atoms with Crippen molar-refractivity contribution in [2.45, 2.75) is 51.2 Å². The minimum absolute atomic E-state index is 0.0616. The molecule has 0 aliphatic carbocycles. The summed E-state index contributed by atoms with van der Waals surface area (Å²) in [6, 6.07) is 38.9. The molecule has 0 fully saturated rings. The van der Waals surface area contributed by atoms with Gasteiger partial charge in [-0.2, -0.15) is 0 Å². The van der Waals surface area contributed by atoms with Crippen LogP contribution in [0.5, 0.6) is 0 Å². The van der Waals surface area contributed by atoms with Gasteiger partial charge in [-0.25, -0.2) is 4.79 Å². The predicted octanol–water partition coefficient (Wildman–Crippen LogP) is 6.05. The Morgan fingerprint density at radius 1 is 0.619 bits per heavy atom. The third kappa shape index (κ3) is 11.1. The van der Waals surface area contributed by atoms with Crippen molar-refractivity contribution in [2.24, 2.45) is 0 Å². The van der Waals surface area contributed by atoms with E-state index in [-0.39, 0.29) is 19.8 Å². The smallest absolute Gasteiger partial charge is 0.407 e. The van der Waals surface area contributed by atoms with E-state index in [0.717, 1.165) is 22.3 Å². The lowest BCUT2D eigenvalue weighted by atomic mass is 10.0. The van der Waals surface area contributed by atoms with Gasteiger partial charge in [0.25, 0.3) is 0 Å². The van der Waals surface area contributed by atoms with E-state index < -0.39 is 24.4 Å². The number of hydrogen-bond acceptors (Lipinski definition) is 6. The summed E-state index contributed by atoms with van der Waals surface area (Å²) in [5, 5.41) is 14.1. The number of rotatable bonds is 17. The second kappa shape index (κ2) is 17.7. The molecule has 220 valence electrons. The molecule has 0 spiro atoms. The number of aliphatic hydroxyl groups excluding tert-OH is 1. The molecule has 0 radical (unpaired) electrons. The Labute approximate surface area is 248 Å². The molecule has 7 nitrogen and oxygen atoms in total. The molecule has 0 aromatic heterocycles. The van der Waals surface area contributed by atoms with Crippen molar-refractivity contribution in [3.05, 3.63) is 144 Å². The number of amides is 1. The van der Waals surface area contributed by atoms with E-state index in [2.05, 4.69) is 5.32 Å². The van der Waals surface area contributed by atoms with Gasteiger partial charge >= 0.3 is 6.09 Å². The monoisotopic (exact) mass is 569 g/mol. The highest BCUT2D eigenvalue weighted by molar-refractivity contribution is 5.67. The Kier molecular flexibility index (Phi) is 13.1. The van der Waals surface area contributed by atoms with Gasteiger partial charge in [-0.15, -0.1) is 0 Å². The van der Waals surface area contributed by atoms with Gasteiger partial charge in [0.05, 0.1) is 32.5 Å². The van der Waals surface area contributed by atoms with Crippen LogP contribution in [0.15, 0.2) is 121 Å². The fraction of sp³-hybridized carbons (Fsp3) is 0.286. The number of hydrogen-bond donors (Lipinski definition) is 2. The standard InChI is InChI=1S/C35H39NO6/c37-32(27-39-23-28-13-5-1-6-14-28)34(41-25-30-17-9-3-10-18-30)33(40-24-29-15-7-2-8-16-29)21-22-36-35(38)42-26-31-19-11-4-12-20-31/h1-20,32-34,37H,21-27H2,(H,36,38)/t32-,33-,34-/m1/s1. The van der Waals surface area contributed by atoms with Crippen molar-refractivity contribution in [1.29, 1.82) is 0 Å². The summed E-state index contributed by atoms with van der Waals surface area (Å²) < 4.78 is 23.9. The number of carbonyl (C=O) groups excluding carboxylic acids is 1. The number of nitrogens with one attached hydrogen (secondary N) is 1. The highest BCUT2D eigenvalue weighted by Gasteiger charge is 2.31. The molecule has 7 heteroatoms. The van der Waals surface area contributed by atoms with Crippen LogP contribution in [0.3, 0.4) is 0 Å². The van der Waals surface area contributed by atoms with Gasteiger partial charge in [-0.05, 0) is 28.7 Å². The number of alkyl carbamates (subject to hydrolysis) is 1. The first kappa shape index (κ1) is 30.9. The van der Waals surface area contributed by atoms with Gasteiger partial charge < -0.3 is 29.4 Å². The SMILES string of the molecule is O=C(NCC[C@@H](OCc1ccccc1)[C@H](OCc1ccccc1)[C@H](O)COCc1ccccc1)OCc1ccccc1. The fourth-order valence-electron chi connectivity index (χ4n) is 4.41. The van der Waals surface area contributed by atoms with E-state index in [1.54, 1.807) is 0 Å². The van der Waals surface area contributed by atoms with E-state index in [9.17, 15) is 9.90 Å². The number of aliphatic hydroxyl groups is 1. The van der Waals surface area contributed by atoms with Crippen molar-refractivity contribution >= 4 is 6.09 Å². The van der Waals surface area contributed by atoms with Crippen LogP contribution in [0.2, 0.25) is 0 Å². The average molecular weight is 570 g/mol. The van der Waals surface area contributed by atoms with E-state index in [1.807, 2.05) is 121 Å². The third-order valence-electron chi connectivity index (χ3n) is 6.65. The molecule has 0 bridgehead atoms. The third-order valence-corrected chi connectivity index (χ3v) is 6.65. The normalized spacial score (nSPS) is 13.2. The summed E-state index contributed by atoms with van der Waals surface area (Å²) in [5.41, 5.74) is 3.89. The molecule has 0 heterocycles. The maximum Gasteiger partial charge on any atom is 0.407 e. The van der Waals surface area contributed by atoms with Gasteiger partial charge in [0.15, 0.2) is 0 Å². The first-order chi connectivity index (χ1) is 20.7. The maximum atomic E-state index is 12.4. The van der Waals surface area contributed by atoms with Crippen LogP contribution < -0.4 is 5.32 Å². The number of ether oxygens (including phenoxy) is 4. The summed E-state index contributed by atoms with van der Waals surface area (Å²) in [6.45, 7) is 1.50. The summed E-state index contributed by atoms with van der Waals surface area (Å²) in [7, 11) is 0. The largest absolute Gasteiger partial charge is 0.445 e. The molecular weight excluding hydrogens is 530 g/mol. The number of carbonyl (C=O) groups is 1. The van der Waals surface area contributed by atoms with Gasteiger partial charge in [0, 0.05) is 6.54 Å². The van der Waals surface area contributed by atoms with Gasteiger partial charge in [0.1, 0.15) is 18.8 Å². The molecule has 0 saturated heterocycles. The van der Waals surface area contributed by atoms with Gasteiger partial charge in [0.2, 0.25) is 0 Å². The molecular formula is C35H39NO6. The van der Waals surface area contributed by atoms with Gasteiger partial charge in [-0.3, -0.25) is 0 Å². The lowest BCUT2D eigenvalue weighted by Gasteiger charge is -2.31. The minimum Gasteiger partial charge on any atom is -0.445 e. The molecule has 0 aliphatic rings. The van der Waals surface area contributed by atoms with Gasteiger partial charge in [-0.1, -0.05) is 121 Å². The van der Waals surface area contributed by atoms with E-state index >= 15 is 0 Å². The van der Waals surface area contributed by atoms with Crippen molar-refractivity contribution in [1.82, 2.24) is 5.32 Å². The average Bonchev–Trinajstić information content (AvgIpc) is 3.04. The van der Waals surface area contributed by atoms with Crippen LogP contribution in [-0.4, -0.2) is 42.7 Å². The Balaban J connectivity index is 1.40. The second-order valence-corrected chi connectivity index (χ2v) is 9.94. The Morgan fingerprint density at radius 3 is 1.60 bits per heavy atom. The molecule has 42 heavy (non-hydrogen) atoms. The van der Waals surface area contributed by atoms with Crippen LogP contribution in [0.25, 0.3) is 0 Å². The van der Waals surface area contributed by atoms with Crippen LogP contribution in [0.1, 0.15) is 28.7 Å². The van der Waals surface area contributed by atoms with Crippen molar-refractivity contribution < 1.29 is 28.8 Å². The zero-order chi connectivity index (χ0) is 29.2. The Hall–Kier alpha value is -4.01. The predicted molar refractivity (Wildman–Crippen MR) is 161 cm³/mol. The summed E-state index contributed by atoms with van der Waals surface area (Å²) in [5.74, 6) is 0. The molecule has 4 rings (SSSR count). The second-order valence-electron chi connectivity index (χ2n) is 9.94. The lowest BCUT2D eigenvalue weighted by Crippen LogP contribution is -2.45. The zero-order valence-electron chi connectivity index (χ0n) is 23.7. The molecule has 4 aromatic carbocycles. The molecule has 0 saturated carbocycles. The fourth-order valence-corrected chi connectivity index (χ4v) is 4.41. The van der Waals surface area contributed by atoms with E-state index in [1.165, 1.54) is 0 Å². The first-order valence-electron chi connectivity index (χ1n) is 14.2. The summed E-state index contributed by atoms with van der Waals surface area (Å²) >= 11 is 0. The summed E-state index contributed by atoms with van der Waals surface area (Å²) in [6.07, 6.45) is -2.36. The minimum atomic E-state index is -0.969. The highest BCUT2D eigenvalue weighted by Crippen LogP contribution is 2.18. The Bertz CT molecular complexity index is 1270. The summed E-state index contributed by atoms with van der Waals surface area (Å²) in [4.78, 5) is 12.4. The van der Waals surface area contributed by atoms with E-state index in [4.69, 9.17) is 18.9 Å². The maximum absolute atomic E-state index is 12.4. The quantitative estimate of drug-likeness (QED) is 0.161. The highest BCUT2D eigenvalue weighted by atomic mass is 16.6. The van der Waals surface area contributed by atoms with E-state index in [0.29, 0.717) is 26.2 Å². The van der Waals surface area contributed by atoms with Crippen LogP contribution >= 0.6 is 0 Å². The lowest BCUT2D eigenvalue weighted by molar-refractivity contribution is -0.148. The molecule has 1 amide bonds. The molecule has 2 N–H and O–H groups in total. The first-order valence-corrected chi connectivity index (χ1v) is 14.2. The van der Waals surface area contributed by atoms with Crippen molar-refractivity contribution in [2.75, 3.05) is 13.2 Å². The number of benzene rings is 4.